The number of amides is 1. The van der Waals surface area contributed by atoms with E-state index in [1.54, 1.807) is 4.90 Å². The van der Waals surface area contributed by atoms with Gasteiger partial charge in [0.2, 0.25) is 20.0 Å². The van der Waals surface area contributed by atoms with Crippen molar-refractivity contribution in [2.45, 2.75) is 13.1 Å². The molecular weight excluding hydrogens is 380 g/mol. The van der Waals surface area contributed by atoms with Crippen molar-refractivity contribution < 1.29 is 23.7 Å². The molecule has 142 valence electrons. The van der Waals surface area contributed by atoms with Gasteiger partial charge in [0, 0.05) is 17.5 Å². The second-order valence-corrected chi connectivity index (χ2v) is 7.27. The summed E-state index contributed by atoms with van der Waals surface area (Å²) in [5, 5.41) is 2.85. The topological polar surface area (TPSA) is 70.1 Å². The average Bonchev–Trinajstić information content (AvgIpc) is 3.46. The number of thiazole rings is 1. The third-order valence-corrected chi connectivity index (χ3v) is 5.45. The van der Waals surface area contributed by atoms with E-state index in [4.69, 9.17) is 18.9 Å². The van der Waals surface area contributed by atoms with Crippen molar-refractivity contribution in [2.75, 3.05) is 13.6 Å². The molecule has 3 aromatic rings. The second kappa shape index (κ2) is 7.05. The maximum absolute atomic E-state index is 11.6. The minimum absolute atomic E-state index is 0.234. The normalized spacial score (nSPS) is 13.6. The van der Waals surface area contributed by atoms with Gasteiger partial charge in [0.25, 0.3) is 0 Å². The van der Waals surface area contributed by atoms with E-state index in [9.17, 15) is 4.79 Å². The summed E-state index contributed by atoms with van der Waals surface area (Å²) in [6, 6.07) is 11.5. The summed E-state index contributed by atoms with van der Waals surface area (Å²) in [6.07, 6.45) is 0.837. The lowest BCUT2D eigenvalue weighted by molar-refractivity contribution is -0.119. The van der Waals surface area contributed by atoms with Crippen LogP contribution in [0.1, 0.15) is 11.3 Å². The number of benzene rings is 2. The number of hydrogen-bond donors (Lipinski definition) is 0. The summed E-state index contributed by atoms with van der Waals surface area (Å²) >= 11 is 1.54. The van der Waals surface area contributed by atoms with Gasteiger partial charge in [-0.2, -0.15) is 0 Å². The third-order valence-electron chi connectivity index (χ3n) is 4.51. The number of nitrogens with zero attached hydrogens (tertiary/aromatic N) is 2. The summed E-state index contributed by atoms with van der Waals surface area (Å²) in [6.45, 7) is 1.38. The van der Waals surface area contributed by atoms with Crippen molar-refractivity contribution in [3.05, 3.63) is 53.0 Å². The Bertz CT molecular complexity index is 1040. The van der Waals surface area contributed by atoms with Gasteiger partial charge >= 0.3 is 0 Å². The van der Waals surface area contributed by atoms with E-state index in [2.05, 4.69) is 4.98 Å². The quantitative estimate of drug-likeness (QED) is 0.595. The van der Waals surface area contributed by atoms with Crippen LogP contribution in [0.15, 0.2) is 41.8 Å². The first kappa shape index (κ1) is 16.9. The summed E-state index contributed by atoms with van der Waals surface area (Å²) in [5.74, 6) is 2.92. The van der Waals surface area contributed by atoms with Crippen molar-refractivity contribution in [1.82, 2.24) is 9.88 Å². The fraction of sp³-hybridized carbons (Fsp3) is 0.200. The Morgan fingerprint density at radius 3 is 2.43 bits per heavy atom. The number of carbonyl (C=O) groups is 1. The Hall–Kier alpha value is -3.26. The lowest BCUT2D eigenvalue weighted by Crippen LogP contribution is -2.21. The first-order valence-electron chi connectivity index (χ1n) is 8.71. The zero-order valence-corrected chi connectivity index (χ0v) is 15.6. The smallest absolute Gasteiger partial charge is 0.231 e. The molecule has 0 aliphatic carbocycles. The van der Waals surface area contributed by atoms with E-state index in [0.29, 0.717) is 18.8 Å². The molecule has 2 aromatic carbocycles. The number of aromatic nitrogens is 1. The van der Waals surface area contributed by atoms with Crippen molar-refractivity contribution in [3.8, 4) is 33.6 Å². The molecular formula is C20H16N2O5S. The summed E-state index contributed by atoms with van der Waals surface area (Å²) < 4.78 is 21.5. The molecule has 5 rings (SSSR count). The molecule has 2 aliphatic heterocycles. The highest BCUT2D eigenvalue weighted by Gasteiger charge is 2.17. The van der Waals surface area contributed by atoms with Gasteiger partial charge in [0.15, 0.2) is 23.0 Å². The number of hydrogen-bond acceptors (Lipinski definition) is 7. The number of rotatable bonds is 6. The fourth-order valence-corrected chi connectivity index (χ4v) is 3.96. The van der Waals surface area contributed by atoms with Crippen LogP contribution in [-0.2, 0) is 17.9 Å². The largest absolute Gasteiger partial charge is 0.454 e. The van der Waals surface area contributed by atoms with Crippen LogP contribution in [0.2, 0.25) is 0 Å². The third kappa shape index (κ3) is 3.22. The molecule has 0 bridgehead atoms. The number of ether oxygens (including phenoxy) is 4. The Morgan fingerprint density at radius 2 is 1.64 bits per heavy atom. The Labute approximate surface area is 165 Å². The lowest BCUT2D eigenvalue weighted by atomic mass is 10.2. The molecule has 0 N–H and O–H groups in total. The van der Waals surface area contributed by atoms with Gasteiger partial charge in [0.1, 0.15) is 5.01 Å². The molecule has 1 amide bonds. The molecule has 0 fully saturated rings. The maximum atomic E-state index is 11.6. The van der Waals surface area contributed by atoms with E-state index in [1.165, 1.54) is 11.3 Å². The first-order valence-corrected chi connectivity index (χ1v) is 9.59. The number of carbonyl (C=O) groups excluding carboxylic acids is 1. The highest BCUT2D eigenvalue weighted by Crippen LogP contribution is 2.37. The molecule has 0 radical (unpaired) electrons. The van der Waals surface area contributed by atoms with Crippen molar-refractivity contribution in [3.63, 3.8) is 0 Å². The maximum Gasteiger partial charge on any atom is 0.231 e. The SMILES string of the molecule is O=CN(Cc1ccc2c(c1)OCO2)Cc1csc(-c2ccc3c(c2)OCO3)n1. The molecule has 8 heteroatoms. The first-order chi connectivity index (χ1) is 13.8. The molecule has 2 aliphatic rings. The number of fused-ring (bicyclic) bond motifs is 2. The van der Waals surface area contributed by atoms with Gasteiger partial charge in [0.05, 0.1) is 12.2 Å². The van der Waals surface area contributed by atoms with Gasteiger partial charge in [-0.15, -0.1) is 11.3 Å². The van der Waals surface area contributed by atoms with Crippen molar-refractivity contribution >= 4 is 17.7 Å². The summed E-state index contributed by atoms with van der Waals surface area (Å²) in [4.78, 5) is 17.9. The molecule has 0 unspecified atom stereocenters. The molecule has 1 aromatic heterocycles. The Balaban J connectivity index is 1.29. The summed E-state index contributed by atoms with van der Waals surface area (Å²) in [7, 11) is 0. The van der Waals surface area contributed by atoms with E-state index >= 15 is 0 Å². The van der Waals surface area contributed by atoms with Crippen molar-refractivity contribution in [2.24, 2.45) is 0 Å². The molecule has 0 atom stereocenters. The molecule has 0 saturated carbocycles. The monoisotopic (exact) mass is 396 g/mol. The van der Waals surface area contributed by atoms with Crippen molar-refractivity contribution in [1.29, 1.82) is 0 Å². The van der Waals surface area contributed by atoms with E-state index in [0.717, 1.165) is 45.5 Å². The molecule has 28 heavy (non-hydrogen) atoms. The zero-order valence-electron chi connectivity index (χ0n) is 14.8. The lowest BCUT2D eigenvalue weighted by Gasteiger charge is -2.16. The van der Waals surface area contributed by atoms with Crippen LogP contribution in [-0.4, -0.2) is 29.9 Å². The molecule has 0 saturated heterocycles. The predicted octanol–water partition coefficient (Wildman–Crippen LogP) is 3.43. The molecule has 3 heterocycles. The van der Waals surface area contributed by atoms with Crippen LogP contribution in [0.3, 0.4) is 0 Å². The van der Waals surface area contributed by atoms with Crippen LogP contribution in [0.5, 0.6) is 23.0 Å². The fourth-order valence-electron chi connectivity index (χ4n) is 3.15. The second-order valence-electron chi connectivity index (χ2n) is 6.41. The molecule has 0 spiro atoms. The highest BCUT2D eigenvalue weighted by atomic mass is 32.1. The summed E-state index contributed by atoms with van der Waals surface area (Å²) in [5.41, 5.74) is 2.78. The van der Waals surface area contributed by atoms with Crippen LogP contribution in [0, 0.1) is 0 Å². The van der Waals surface area contributed by atoms with Crippen LogP contribution in [0.4, 0.5) is 0 Å². The van der Waals surface area contributed by atoms with Crippen LogP contribution < -0.4 is 18.9 Å². The zero-order chi connectivity index (χ0) is 18.9. The van der Waals surface area contributed by atoms with Crippen LogP contribution in [0.25, 0.3) is 10.6 Å². The molecule has 7 nitrogen and oxygen atoms in total. The Kier molecular flexibility index (Phi) is 4.25. The van der Waals surface area contributed by atoms with E-state index < -0.39 is 0 Å². The van der Waals surface area contributed by atoms with E-state index in [1.807, 2.05) is 41.8 Å². The Morgan fingerprint density at radius 1 is 0.929 bits per heavy atom. The highest BCUT2D eigenvalue weighted by molar-refractivity contribution is 7.13. The van der Waals surface area contributed by atoms with Gasteiger partial charge < -0.3 is 23.8 Å². The predicted molar refractivity (Wildman–Crippen MR) is 102 cm³/mol. The van der Waals surface area contributed by atoms with E-state index in [-0.39, 0.29) is 13.6 Å². The average molecular weight is 396 g/mol. The minimum atomic E-state index is 0.234. The van der Waals surface area contributed by atoms with Gasteiger partial charge in [-0.1, -0.05) is 6.07 Å². The van der Waals surface area contributed by atoms with Gasteiger partial charge in [-0.25, -0.2) is 4.98 Å². The van der Waals surface area contributed by atoms with Gasteiger partial charge in [-0.3, -0.25) is 4.79 Å². The van der Waals surface area contributed by atoms with Gasteiger partial charge in [-0.05, 0) is 35.9 Å². The van der Waals surface area contributed by atoms with Crippen LogP contribution >= 0.6 is 11.3 Å². The standard InChI is InChI=1S/C20H16N2O5S/c23-10-22(7-13-1-3-16-18(5-13)26-11-24-16)8-15-9-28-20(21-15)14-2-4-17-19(6-14)27-12-25-17/h1-6,9-10H,7-8,11-12H2. The minimum Gasteiger partial charge on any atom is -0.454 e.